The van der Waals surface area contributed by atoms with Crippen LogP contribution in [0.2, 0.25) is 0 Å². The number of nitrogens with one attached hydrogen (secondary N) is 2. The van der Waals surface area contributed by atoms with Crippen molar-refractivity contribution in [3.63, 3.8) is 0 Å². The lowest BCUT2D eigenvalue weighted by atomic mass is 10.1. The number of anilines is 2. The van der Waals surface area contributed by atoms with Crippen molar-refractivity contribution in [3.05, 3.63) is 17.7 Å². The van der Waals surface area contributed by atoms with Crippen LogP contribution in [0.5, 0.6) is 0 Å². The number of rotatable bonds is 5. The van der Waals surface area contributed by atoms with Gasteiger partial charge in [-0.1, -0.05) is 0 Å². The van der Waals surface area contributed by atoms with E-state index in [9.17, 15) is 8.78 Å². The molecule has 1 aliphatic rings. The molecule has 0 atom stereocenters. The van der Waals surface area contributed by atoms with Crippen LogP contribution in [0, 0.1) is 17.0 Å². The summed E-state index contributed by atoms with van der Waals surface area (Å²) in [5, 5.41) is 14.5. The van der Waals surface area contributed by atoms with E-state index in [1.807, 2.05) is 0 Å². The van der Waals surface area contributed by atoms with Crippen LogP contribution in [0.1, 0.15) is 12.8 Å². The summed E-state index contributed by atoms with van der Waals surface area (Å²) in [6.07, 6.45) is 1.83. The van der Waals surface area contributed by atoms with E-state index in [0.29, 0.717) is 6.54 Å². The molecule has 0 amide bonds. The van der Waals surface area contributed by atoms with Crippen molar-refractivity contribution in [3.8, 4) is 0 Å². The van der Waals surface area contributed by atoms with Crippen molar-refractivity contribution in [1.29, 1.82) is 0 Å². The molecule has 0 saturated heterocycles. The predicted octanol–water partition coefficient (Wildman–Crippen LogP) is 1.59. The lowest BCUT2D eigenvalue weighted by Crippen LogP contribution is -2.20. The highest BCUT2D eigenvalue weighted by Gasteiger charge is 2.41. The Bertz CT molecular complexity index is 421. The van der Waals surface area contributed by atoms with Crippen LogP contribution in [-0.4, -0.2) is 30.3 Å². The number of halogens is 2. The molecule has 3 N–H and O–H groups in total. The highest BCUT2D eigenvalue weighted by Crippen LogP contribution is 2.44. The maximum Gasteiger partial charge on any atom is 0.168 e. The van der Waals surface area contributed by atoms with E-state index in [4.69, 9.17) is 5.11 Å². The zero-order valence-electron chi connectivity index (χ0n) is 9.56. The smallest absolute Gasteiger partial charge is 0.168 e. The van der Waals surface area contributed by atoms with Gasteiger partial charge in [0.05, 0.1) is 6.61 Å². The summed E-state index contributed by atoms with van der Waals surface area (Å²) in [7, 11) is 1.52. The van der Waals surface area contributed by atoms with Gasteiger partial charge in [0.2, 0.25) is 0 Å². The van der Waals surface area contributed by atoms with Crippen LogP contribution in [0.4, 0.5) is 20.4 Å². The lowest BCUT2D eigenvalue weighted by molar-refractivity contribution is 0.219. The molecule has 1 aromatic heterocycles. The monoisotopic (exact) mass is 243 g/mol. The molecule has 0 radical (unpaired) electrons. The molecule has 6 heteroatoms. The SMILES string of the molecule is CNc1nc(NCC2(CO)CC2)c(F)cc1F. The Morgan fingerprint density at radius 3 is 2.53 bits per heavy atom. The molecule has 0 aliphatic heterocycles. The molecule has 0 aromatic carbocycles. The zero-order chi connectivity index (χ0) is 12.5. The molecule has 2 rings (SSSR count). The van der Waals surface area contributed by atoms with E-state index >= 15 is 0 Å². The summed E-state index contributed by atoms with van der Waals surface area (Å²) in [6.45, 7) is 0.518. The normalized spacial score (nSPS) is 16.7. The fraction of sp³-hybridized carbons (Fsp3) is 0.545. The average molecular weight is 243 g/mol. The predicted molar refractivity (Wildman–Crippen MR) is 60.9 cm³/mol. The molecule has 0 unspecified atom stereocenters. The number of nitrogens with zero attached hydrogens (tertiary/aromatic N) is 1. The maximum absolute atomic E-state index is 13.4. The molecule has 1 aliphatic carbocycles. The number of hydrogen-bond acceptors (Lipinski definition) is 4. The highest BCUT2D eigenvalue weighted by atomic mass is 19.1. The minimum absolute atomic E-state index is 0.00254. The van der Waals surface area contributed by atoms with Gasteiger partial charge in [0.1, 0.15) is 0 Å². The van der Waals surface area contributed by atoms with E-state index in [1.165, 1.54) is 7.05 Å². The summed E-state index contributed by atoms with van der Waals surface area (Å²) in [5.41, 5.74) is -0.150. The molecule has 0 bridgehead atoms. The van der Waals surface area contributed by atoms with Crippen molar-refractivity contribution in [2.24, 2.45) is 5.41 Å². The van der Waals surface area contributed by atoms with E-state index in [0.717, 1.165) is 18.9 Å². The highest BCUT2D eigenvalue weighted by molar-refractivity contribution is 5.47. The van der Waals surface area contributed by atoms with Gasteiger partial charge in [0.25, 0.3) is 0 Å². The Balaban J connectivity index is 2.10. The van der Waals surface area contributed by atoms with Gasteiger partial charge in [-0.3, -0.25) is 0 Å². The number of aromatic nitrogens is 1. The minimum Gasteiger partial charge on any atom is -0.396 e. The fourth-order valence-corrected chi connectivity index (χ4v) is 1.60. The molecule has 17 heavy (non-hydrogen) atoms. The fourth-order valence-electron chi connectivity index (χ4n) is 1.60. The number of pyridine rings is 1. The first-order valence-corrected chi connectivity index (χ1v) is 5.49. The van der Waals surface area contributed by atoms with Gasteiger partial charge in [0.15, 0.2) is 23.3 Å². The molecule has 1 saturated carbocycles. The summed E-state index contributed by atoms with van der Waals surface area (Å²) >= 11 is 0. The third kappa shape index (κ3) is 2.46. The van der Waals surface area contributed by atoms with Crippen LogP contribution in [-0.2, 0) is 0 Å². The van der Waals surface area contributed by atoms with Gasteiger partial charge < -0.3 is 15.7 Å². The van der Waals surface area contributed by atoms with E-state index in [2.05, 4.69) is 15.6 Å². The number of aliphatic hydroxyl groups excluding tert-OH is 1. The van der Waals surface area contributed by atoms with E-state index < -0.39 is 11.6 Å². The Hall–Kier alpha value is -1.43. The third-order valence-corrected chi connectivity index (χ3v) is 3.09. The lowest BCUT2D eigenvalue weighted by Gasteiger charge is -2.14. The standard InChI is InChI=1S/C11H15F2N3O/c1-14-9-7(12)4-8(13)10(16-9)15-5-11(6-17)2-3-11/h4,17H,2-3,5-6H2,1H3,(H2,14,15,16). The molecule has 94 valence electrons. The van der Waals surface area contributed by atoms with Crippen LogP contribution in [0.15, 0.2) is 6.07 Å². The largest absolute Gasteiger partial charge is 0.396 e. The van der Waals surface area contributed by atoms with Gasteiger partial charge in [0, 0.05) is 25.1 Å². The Morgan fingerprint density at radius 2 is 2.00 bits per heavy atom. The van der Waals surface area contributed by atoms with Gasteiger partial charge in [-0.05, 0) is 12.8 Å². The van der Waals surface area contributed by atoms with Crippen molar-refractivity contribution >= 4 is 11.6 Å². The molecule has 0 spiro atoms. The van der Waals surface area contributed by atoms with E-state index in [-0.39, 0.29) is 23.7 Å². The molecule has 1 fully saturated rings. The summed E-state index contributed by atoms with van der Waals surface area (Å²) < 4.78 is 26.6. The van der Waals surface area contributed by atoms with Gasteiger partial charge in [-0.15, -0.1) is 0 Å². The van der Waals surface area contributed by atoms with Gasteiger partial charge in [-0.25, -0.2) is 13.8 Å². The van der Waals surface area contributed by atoms with Crippen LogP contribution in [0.25, 0.3) is 0 Å². The average Bonchev–Trinajstić information content (AvgIpc) is 3.09. The Labute approximate surface area is 98.1 Å². The van der Waals surface area contributed by atoms with Gasteiger partial charge in [-0.2, -0.15) is 0 Å². The van der Waals surface area contributed by atoms with Crippen molar-refractivity contribution in [2.75, 3.05) is 30.8 Å². The number of aliphatic hydroxyl groups is 1. The quantitative estimate of drug-likeness (QED) is 0.735. The Morgan fingerprint density at radius 1 is 1.35 bits per heavy atom. The first-order chi connectivity index (χ1) is 8.10. The second-order valence-electron chi connectivity index (χ2n) is 4.41. The van der Waals surface area contributed by atoms with Crippen molar-refractivity contribution < 1.29 is 13.9 Å². The topological polar surface area (TPSA) is 57.2 Å². The van der Waals surface area contributed by atoms with Gasteiger partial charge >= 0.3 is 0 Å². The molecular formula is C11H15F2N3O. The molecular weight excluding hydrogens is 228 g/mol. The third-order valence-electron chi connectivity index (χ3n) is 3.09. The van der Waals surface area contributed by atoms with E-state index in [1.54, 1.807) is 0 Å². The molecule has 4 nitrogen and oxygen atoms in total. The van der Waals surface area contributed by atoms with Crippen molar-refractivity contribution in [1.82, 2.24) is 4.98 Å². The molecule has 1 heterocycles. The zero-order valence-corrected chi connectivity index (χ0v) is 9.56. The minimum atomic E-state index is -0.727. The second kappa shape index (κ2) is 4.44. The first kappa shape index (κ1) is 12.0. The summed E-state index contributed by atoms with van der Waals surface area (Å²) in [5.74, 6) is -1.44. The number of hydrogen-bond donors (Lipinski definition) is 3. The maximum atomic E-state index is 13.4. The Kier molecular flexibility index (Phi) is 3.15. The van der Waals surface area contributed by atoms with Crippen LogP contribution >= 0.6 is 0 Å². The first-order valence-electron chi connectivity index (χ1n) is 5.49. The second-order valence-corrected chi connectivity index (χ2v) is 4.41. The van der Waals surface area contributed by atoms with Crippen LogP contribution in [0.3, 0.4) is 0 Å². The summed E-state index contributed by atoms with van der Waals surface area (Å²) in [6, 6.07) is 0.791. The van der Waals surface area contributed by atoms with Crippen LogP contribution < -0.4 is 10.6 Å². The molecule has 1 aromatic rings. The van der Waals surface area contributed by atoms with Crippen molar-refractivity contribution in [2.45, 2.75) is 12.8 Å². The summed E-state index contributed by atoms with van der Waals surface area (Å²) in [4.78, 5) is 3.80.